The van der Waals surface area contributed by atoms with Crippen molar-refractivity contribution in [3.8, 4) is 0 Å². The lowest BCUT2D eigenvalue weighted by atomic mass is 9.79. The summed E-state index contributed by atoms with van der Waals surface area (Å²) in [5, 5.41) is 12.3. The van der Waals surface area contributed by atoms with E-state index in [0.717, 1.165) is 49.9 Å². The molecule has 26 heavy (non-hydrogen) atoms. The Morgan fingerprint density at radius 1 is 1.46 bits per heavy atom. The van der Waals surface area contributed by atoms with Gasteiger partial charge in [-0.1, -0.05) is 5.16 Å². The zero-order chi connectivity index (χ0) is 18.7. The number of nitrogens with zero attached hydrogens (tertiary/aromatic N) is 3. The van der Waals surface area contributed by atoms with E-state index in [4.69, 9.17) is 4.52 Å². The summed E-state index contributed by atoms with van der Waals surface area (Å²) in [5.74, 6) is 1.42. The van der Waals surface area contributed by atoms with Gasteiger partial charge in [0.1, 0.15) is 12.1 Å². The Morgan fingerprint density at radius 2 is 2.19 bits per heavy atom. The number of guanidine groups is 1. The largest absolute Gasteiger partial charge is 0.359 e. The van der Waals surface area contributed by atoms with Crippen LogP contribution in [-0.2, 0) is 11.3 Å². The van der Waals surface area contributed by atoms with Crippen LogP contribution in [0.3, 0.4) is 0 Å². The van der Waals surface area contributed by atoms with E-state index in [-0.39, 0.29) is 11.8 Å². The fraction of sp³-hybridized carbons (Fsp3) is 0.647. The number of carbonyl (C=O) groups excluding carboxylic acids is 2. The van der Waals surface area contributed by atoms with Gasteiger partial charge in [0.15, 0.2) is 11.7 Å². The van der Waals surface area contributed by atoms with E-state index in [2.05, 4.69) is 31.0 Å². The summed E-state index contributed by atoms with van der Waals surface area (Å²) >= 11 is 0. The maximum atomic E-state index is 12.1. The number of piperidine rings is 1. The van der Waals surface area contributed by atoms with Gasteiger partial charge in [-0.3, -0.25) is 10.1 Å². The SMILES string of the molecule is CCNC(=NCc1cc(C)no1)N1CCC(C2(C)NC(=O)NC2=O)CC1. The van der Waals surface area contributed by atoms with E-state index in [1.165, 1.54) is 0 Å². The number of carbonyl (C=O) groups is 2. The molecule has 9 heteroatoms. The number of nitrogens with one attached hydrogen (secondary N) is 3. The number of amides is 3. The molecular weight excluding hydrogens is 336 g/mol. The fourth-order valence-electron chi connectivity index (χ4n) is 3.58. The van der Waals surface area contributed by atoms with Gasteiger partial charge in [-0.2, -0.15) is 0 Å². The minimum Gasteiger partial charge on any atom is -0.359 e. The molecule has 0 bridgehead atoms. The highest BCUT2D eigenvalue weighted by Gasteiger charge is 2.48. The van der Waals surface area contributed by atoms with Crippen molar-refractivity contribution in [3.63, 3.8) is 0 Å². The van der Waals surface area contributed by atoms with Gasteiger partial charge in [0.2, 0.25) is 0 Å². The van der Waals surface area contributed by atoms with Crippen molar-refractivity contribution in [2.75, 3.05) is 19.6 Å². The van der Waals surface area contributed by atoms with Crippen molar-refractivity contribution < 1.29 is 14.1 Å². The molecule has 3 heterocycles. The quantitative estimate of drug-likeness (QED) is 0.414. The molecule has 1 aromatic rings. The Labute approximate surface area is 152 Å². The average molecular weight is 362 g/mol. The number of imide groups is 1. The van der Waals surface area contributed by atoms with E-state index in [1.54, 1.807) is 6.92 Å². The predicted molar refractivity (Wildman–Crippen MR) is 95.4 cm³/mol. The summed E-state index contributed by atoms with van der Waals surface area (Å²) in [7, 11) is 0. The van der Waals surface area contributed by atoms with Crippen molar-refractivity contribution in [2.45, 2.75) is 45.7 Å². The Bertz CT molecular complexity index is 707. The number of hydrogen-bond acceptors (Lipinski definition) is 5. The first-order valence-electron chi connectivity index (χ1n) is 9.01. The molecule has 2 fully saturated rings. The first-order valence-corrected chi connectivity index (χ1v) is 9.01. The van der Waals surface area contributed by atoms with E-state index in [9.17, 15) is 9.59 Å². The van der Waals surface area contributed by atoms with Gasteiger partial charge in [0, 0.05) is 25.7 Å². The van der Waals surface area contributed by atoms with Crippen LogP contribution in [0, 0.1) is 12.8 Å². The molecule has 3 amide bonds. The highest BCUT2D eigenvalue weighted by atomic mass is 16.5. The molecule has 1 unspecified atom stereocenters. The van der Waals surface area contributed by atoms with E-state index in [1.807, 2.05) is 19.9 Å². The standard InChI is InChI=1S/C17H26N6O3/c1-4-18-15(19-10-13-9-11(2)22-26-13)23-7-5-12(6-8-23)17(3)14(24)20-16(25)21-17/h9,12H,4-8,10H2,1-3H3,(H,18,19)(H2,20,21,24,25). The predicted octanol–water partition coefficient (Wildman–Crippen LogP) is 0.759. The molecule has 0 aliphatic carbocycles. The molecule has 0 radical (unpaired) electrons. The molecule has 2 aliphatic heterocycles. The molecule has 9 nitrogen and oxygen atoms in total. The number of aromatic nitrogens is 1. The Kier molecular flexibility index (Phi) is 5.15. The van der Waals surface area contributed by atoms with Crippen LogP contribution < -0.4 is 16.0 Å². The molecule has 1 atom stereocenters. The fourth-order valence-corrected chi connectivity index (χ4v) is 3.58. The lowest BCUT2D eigenvalue weighted by Crippen LogP contribution is -2.55. The third kappa shape index (κ3) is 3.66. The normalized spacial score (nSPS) is 24.6. The second kappa shape index (κ2) is 7.35. The molecule has 2 saturated heterocycles. The van der Waals surface area contributed by atoms with Crippen LogP contribution >= 0.6 is 0 Å². The number of aryl methyl sites for hydroxylation is 1. The minimum atomic E-state index is -0.823. The Hall–Kier alpha value is -2.58. The number of aliphatic imine (C=N–C) groups is 1. The topological polar surface area (TPSA) is 112 Å². The van der Waals surface area contributed by atoms with Crippen molar-refractivity contribution in [1.29, 1.82) is 0 Å². The van der Waals surface area contributed by atoms with Crippen LogP contribution in [0.5, 0.6) is 0 Å². The van der Waals surface area contributed by atoms with Gasteiger partial charge in [-0.15, -0.1) is 0 Å². The molecule has 1 aromatic heterocycles. The zero-order valence-electron chi connectivity index (χ0n) is 15.5. The summed E-state index contributed by atoms with van der Waals surface area (Å²) in [6, 6.07) is 1.47. The van der Waals surface area contributed by atoms with Crippen LogP contribution in [0.4, 0.5) is 4.79 Å². The van der Waals surface area contributed by atoms with Gasteiger partial charge < -0.3 is 20.1 Å². The molecule has 142 valence electrons. The number of rotatable bonds is 4. The van der Waals surface area contributed by atoms with Crippen LogP contribution in [-0.4, -0.2) is 53.1 Å². The van der Waals surface area contributed by atoms with E-state index in [0.29, 0.717) is 6.54 Å². The first-order chi connectivity index (χ1) is 12.4. The molecule has 2 aliphatic rings. The summed E-state index contributed by atoms with van der Waals surface area (Å²) in [4.78, 5) is 30.4. The third-order valence-electron chi connectivity index (χ3n) is 5.08. The molecule has 0 aromatic carbocycles. The Morgan fingerprint density at radius 3 is 2.73 bits per heavy atom. The van der Waals surface area contributed by atoms with Gasteiger partial charge in [0.05, 0.1) is 5.69 Å². The lowest BCUT2D eigenvalue weighted by Gasteiger charge is -2.39. The summed E-state index contributed by atoms with van der Waals surface area (Å²) in [5.41, 5.74) is 0.0156. The molecule has 3 rings (SSSR count). The highest BCUT2D eigenvalue weighted by molar-refractivity contribution is 6.07. The molecule has 0 saturated carbocycles. The number of likely N-dealkylation sites (tertiary alicyclic amines) is 1. The van der Waals surface area contributed by atoms with Gasteiger partial charge >= 0.3 is 6.03 Å². The highest BCUT2D eigenvalue weighted by Crippen LogP contribution is 2.30. The molecular formula is C17H26N6O3. The Balaban J connectivity index is 1.62. The minimum absolute atomic E-state index is 0.102. The van der Waals surface area contributed by atoms with Gasteiger partial charge in [-0.05, 0) is 39.5 Å². The van der Waals surface area contributed by atoms with Crippen LogP contribution in [0.1, 0.15) is 38.1 Å². The van der Waals surface area contributed by atoms with Crippen molar-refractivity contribution in [2.24, 2.45) is 10.9 Å². The lowest BCUT2D eigenvalue weighted by molar-refractivity contribution is -0.125. The second-order valence-electron chi connectivity index (χ2n) is 6.98. The second-order valence-corrected chi connectivity index (χ2v) is 6.98. The van der Waals surface area contributed by atoms with Crippen molar-refractivity contribution in [3.05, 3.63) is 17.5 Å². The summed E-state index contributed by atoms with van der Waals surface area (Å²) in [6.07, 6.45) is 1.60. The van der Waals surface area contributed by atoms with Crippen molar-refractivity contribution >= 4 is 17.9 Å². The average Bonchev–Trinajstić information content (AvgIpc) is 3.14. The zero-order valence-corrected chi connectivity index (χ0v) is 15.5. The number of urea groups is 1. The van der Waals surface area contributed by atoms with Crippen LogP contribution in [0.25, 0.3) is 0 Å². The van der Waals surface area contributed by atoms with E-state index < -0.39 is 11.6 Å². The van der Waals surface area contributed by atoms with Crippen LogP contribution in [0.2, 0.25) is 0 Å². The smallest absolute Gasteiger partial charge is 0.322 e. The number of hydrogen-bond donors (Lipinski definition) is 3. The molecule has 0 spiro atoms. The third-order valence-corrected chi connectivity index (χ3v) is 5.08. The van der Waals surface area contributed by atoms with Gasteiger partial charge in [-0.25, -0.2) is 9.79 Å². The van der Waals surface area contributed by atoms with Gasteiger partial charge in [0.25, 0.3) is 5.91 Å². The van der Waals surface area contributed by atoms with E-state index >= 15 is 0 Å². The first kappa shape index (κ1) is 18.2. The maximum absolute atomic E-state index is 12.1. The summed E-state index contributed by atoms with van der Waals surface area (Å²) < 4.78 is 5.21. The molecule has 3 N–H and O–H groups in total. The summed E-state index contributed by atoms with van der Waals surface area (Å²) in [6.45, 7) is 8.45. The maximum Gasteiger partial charge on any atom is 0.322 e. The van der Waals surface area contributed by atoms with Crippen molar-refractivity contribution in [1.82, 2.24) is 26.0 Å². The van der Waals surface area contributed by atoms with Crippen LogP contribution in [0.15, 0.2) is 15.6 Å². The monoisotopic (exact) mass is 362 g/mol.